The first-order valence-electron chi connectivity index (χ1n) is 5.52. The largest absolute Gasteiger partial charge is 0.437 e. The van der Waals surface area contributed by atoms with Gasteiger partial charge < -0.3 is 10.5 Å². The molecule has 0 saturated carbocycles. The quantitative estimate of drug-likeness (QED) is 0.818. The van der Waals surface area contributed by atoms with E-state index in [1.807, 2.05) is 26.0 Å². The number of aromatic nitrogens is 1. The van der Waals surface area contributed by atoms with Gasteiger partial charge in [-0.15, -0.1) is 0 Å². The summed E-state index contributed by atoms with van der Waals surface area (Å²) in [6.45, 7) is 3.72. The molecular formula is C14H13N3O. The summed E-state index contributed by atoms with van der Waals surface area (Å²) in [5, 5.41) is 8.89. The highest BCUT2D eigenvalue weighted by Crippen LogP contribution is 2.29. The zero-order valence-corrected chi connectivity index (χ0v) is 10.3. The number of pyridine rings is 1. The minimum Gasteiger partial charge on any atom is -0.437 e. The van der Waals surface area contributed by atoms with Gasteiger partial charge in [-0.25, -0.2) is 4.98 Å². The van der Waals surface area contributed by atoms with E-state index in [1.165, 1.54) is 0 Å². The number of para-hydroxylation sites is 1. The Morgan fingerprint density at radius 2 is 2.06 bits per heavy atom. The van der Waals surface area contributed by atoms with E-state index in [0.717, 1.165) is 11.3 Å². The minimum absolute atomic E-state index is 0.379. The molecule has 0 spiro atoms. The van der Waals surface area contributed by atoms with E-state index in [-0.39, 0.29) is 0 Å². The number of nitrogen functional groups attached to an aromatic ring is 1. The summed E-state index contributed by atoms with van der Waals surface area (Å²) in [6, 6.07) is 10.9. The van der Waals surface area contributed by atoms with Crippen molar-refractivity contribution in [3.05, 3.63) is 47.2 Å². The smallest absolute Gasteiger partial charge is 0.220 e. The SMILES string of the molecule is Cc1cc(C#N)cc(Oc2cccc(C)c2N)n1. The second kappa shape index (κ2) is 4.76. The summed E-state index contributed by atoms with van der Waals surface area (Å²) in [4.78, 5) is 4.22. The highest BCUT2D eigenvalue weighted by Gasteiger charge is 2.06. The van der Waals surface area contributed by atoms with Gasteiger partial charge in [-0.2, -0.15) is 5.26 Å². The van der Waals surface area contributed by atoms with Crippen molar-refractivity contribution in [3.63, 3.8) is 0 Å². The van der Waals surface area contributed by atoms with Crippen molar-refractivity contribution in [1.82, 2.24) is 4.98 Å². The van der Waals surface area contributed by atoms with Crippen molar-refractivity contribution >= 4 is 5.69 Å². The summed E-state index contributed by atoms with van der Waals surface area (Å²) in [5.74, 6) is 0.931. The van der Waals surface area contributed by atoms with Crippen LogP contribution in [-0.2, 0) is 0 Å². The van der Waals surface area contributed by atoms with Gasteiger partial charge >= 0.3 is 0 Å². The average Bonchev–Trinajstić information content (AvgIpc) is 2.34. The Labute approximate surface area is 106 Å². The fraction of sp³-hybridized carbons (Fsp3) is 0.143. The van der Waals surface area contributed by atoms with Gasteiger partial charge in [0.05, 0.1) is 17.3 Å². The molecule has 4 nitrogen and oxygen atoms in total. The Hall–Kier alpha value is -2.54. The molecule has 0 atom stereocenters. The Morgan fingerprint density at radius 1 is 1.28 bits per heavy atom. The molecule has 0 unspecified atom stereocenters. The van der Waals surface area contributed by atoms with Crippen molar-refractivity contribution in [1.29, 1.82) is 5.26 Å². The Morgan fingerprint density at radius 3 is 2.78 bits per heavy atom. The van der Waals surface area contributed by atoms with E-state index in [2.05, 4.69) is 11.1 Å². The van der Waals surface area contributed by atoms with Gasteiger partial charge in [0, 0.05) is 11.8 Å². The maximum atomic E-state index is 8.89. The molecule has 1 heterocycles. The molecule has 0 amide bonds. The lowest BCUT2D eigenvalue weighted by Crippen LogP contribution is -1.97. The number of hydrogen-bond donors (Lipinski definition) is 1. The fourth-order valence-corrected chi connectivity index (χ4v) is 1.61. The fourth-order valence-electron chi connectivity index (χ4n) is 1.61. The first kappa shape index (κ1) is 11.9. The van der Waals surface area contributed by atoms with E-state index in [4.69, 9.17) is 15.7 Å². The van der Waals surface area contributed by atoms with Crippen LogP contribution in [0.3, 0.4) is 0 Å². The molecule has 0 radical (unpaired) electrons. The van der Waals surface area contributed by atoms with Crippen LogP contribution in [0.15, 0.2) is 30.3 Å². The number of nitrogens with two attached hydrogens (primary N) is 1. The number of rotatable bonds is 2. The van der Waals surface area contributed by atoms with Crippen LogP contribution in [0, 0.1) is 25.2 Å². The zero-order chi connectivity index (χ0) is 13.1. The van der Waals surface area contributed by atoms with Crippen LogP contribution in [0.5, 0.6) is 11.6 Å². The second-order valence-corrected chi connectivity index (χ2v) is 4.04. The van der Waals surface area contributed by atoms with Crippen LogP contribution < -0.4 is 10.5 Å². The average molecular weight is 239 g/mol. The summed E-state index contributed by atoms with van der Waals surface area (Å²) in [7, 11) is 0. The lowest BCUT2D eigenvalue weighted by atomic mass is 10.2. The highest BCUT2D eigenvalue weighted by atomic mass is 16.5. The molecule has 2 N–H and O–H groups in total. The molecular weight excluding hydrogens is 226 g/mol. The van der Waals surface area contributed by atoms with Crippen LogP contribution in [0.1, 0.15) is 16.8 Å². The predicted molar refractivity (Wildman–Crippen MR) is 69.4 cm³/mol. The highest BCUT2D eigenvalue weighted by molar-refractivity contribution is 5.58. The number of ether oxygens (including phenoxy) is 1. The maximum absolute atomic E-state index is 8.89. The molecule has 0 aliphatic heterocycles. The molecule has 18 heavy (non-hydrogen) atoms. The molecule has 90 valence electrons. The van der Waals surface area contributed by atoms with Gasteiger partial charge in [0.25, 0.3) is 0 Å². The van der Waals surface area contributed by atoms with Crippen LogP contribution in [0.2, 0.25) is 0 Å². The number of benzene rings is 1. The maximum Gasteiger partial charge on any atom is 0.220 e. The number of hydrogen-bond acceptors (Lipinski definition) is 4. The summed E-state index contributed by atoms with van der Waals surface area (Å²) in [5.41, 5.74) is 8.70. The van der Waals surface area contributed by atoms with Crippen LogP contribution >= 0.6 is 0 Å². The van der Waals surface area contributed by atoms with Gasteiger partial charge in [-0.05, 0) is 31.5 Å². The number of nitriles is 1. The normalized spacial score (nSPS) is 9.83. The molecule has 2 rings (SSSR count). The van der Waals surface area contributed by atoms with Gasteiger partial charge in [0.2, 0.25) is 5.88 Å². The summed E-state index contributed by atoms with van der Waals surface area (Å²) >= 11 is 0. The van der Waals surface area contributed by atoms with E-state index in [1.54, 1.807) is 18.2 Å². The third-order valence-electron chi connectivity index (χ3n) is 2.56. The lowest BCUT2D eigenvalue weighted by Gasteiger charge is -2.10. The van der Waals surface area contributed by atoms with Gasteiger partial charge in [0.1, 0.15) is 0 Å². The minimum atomic E-state index is 0.379. The third kappa shape index (κ3) is 2.41. The molecule has 4 heteroatoms. The molecule has 0 aliphatic carbocycles. The van der Waals surface area contributed by atoms with Crippen molar-refractivity contribution in [2.75, 3.05) is 5.73 Å². The van der Waals surface area contributed by atoms with Crippen LogP contribution in [0.25, 0.3) is 0 Å². The first-order valence-corrected chi connectivity index (χ1v) is 5.52. The summed E-state index contributed by atoms with van der Waals surface area (Å²) in [6.07, 6.45) is 0. The van der Waals surface area contributed by atoms with E-state index in [0.29, 0.717) is 22.9 Å². The molecule has 1 aromatic carbocycles. The number of aryl methyl sites for hydroxylation is 2. The number of anilines is 1. The molecule has 1 aromatic heterocycles. The number of nitrogens with zero attached hydrogens (tertiary/aromatic N) is 2. The van der Waals surface area contributed by atoms with Crippen molar-refractivity contribution in [3.8, 4) is 17.7 Å². The zero-order valence-electron chi connectivity index (χ0n) is 10.3. The topological polar surface area (TPSA) is 71.9 Å². The standard InChI is InChI=1S/C14H13N3O/c1-9-4-3-5-12(14(9)16)18-13-7-11(8-15)6-10(2)17-13/h3-7H,16H2,1-2H3. The monoisotopic (exact) mass is 239 g/mol. The van der Waals surface area contributed by atoms with E-state index in [9.17, 15) is 0 Å². The third-order valence-corrected chi connectivity index (χ3v) is 2.56. The van der Waals surface area contributed by atoms with Crippen molar-refractivity contribution in [2.45, 2.75) is 13.8 Å². The molecule has 2 aromatic rings. The van der Waals surface area contributed by atoms with E-state index >= 15 is 0 Å². The molecule has 0 bridgehead atoms. The van der Waals surface area contributed by atoms with E-state index < -0.39 is 0 Å². The summed E-state index contributed by atoms with van der Waals surface area (Å²) < 4.78 is 5.63. The first-order chi connectivity index (χ1) is 8.60. The van der Waals surface area contributed by atoms with Crippen molar-refractivity contribution in [2.24, 2.45) is 0 Å². The Balaban J connectivity index is 2.37. The Bertz CT molecular complexity index is 629. The van der Waals surface area contributed by atoms with Crippen LogP contribution in [-0.4, -0.2) is 4.98 Å². The van der Waals surface area contributed by atoms with Crippen molar-refractivity contribution < 1.29 is 4.74 Å². The second-order valence-electron chi connectivity index (χ2n) is 4.04. The van der Waals surface area contributed by atoms with Crippen LogP contribution in [0.4, 0.5) is 5.69 Å². The molecule has 0 saturated heterocycles. The molecule has 0 aliphatic rings. The molecule has 0 fully saturated rings. The van der Waals surface area contributed by atoms with Gasteiger partial charge in [-0.1, -0.05) is 12.1 Å². The van der Waals surface area contributed by atoms with Gasteiger partial charge in [0.15, 0.2) is 5.75 Å². The van der Waals surface area contributed by atoms with Gasteiger partial charge in [-0.3, -0.25) is 0 Å². The lowest BCUT2D eigenvalue weighted by molar-refractivity contribution is 0.463. The predicted octanol–water partition coefficient (Wildman–Crippen LogP) is 2.94. The Kier molecular flexibility index (Phi) is 3.16.